The molecule has 0 aliphatic carbocycles. The van der Waals surface area contributed by atoms with Crippen LogP contribution in [0.25, 0.3) is 0 Å². The topological polar surface area (TPSA) is 60.8 Å². The molecular weight excluding hydrogens is 218 g/mol. The van der Waals surface area contributed by atoms with E-state index in [4.69, 9.17) is 5.11 Å². The summed E-state index contributed by atoms with van der Waals surface area (Å²) in [6.07, 6.45) is 5.41. The summed E-state index contributed by atoms with van der Waals surface area (Å²) >= 11 is 0. The first kappa shape index (κ1) is 12.8. The summed E-state index contributed by atoms with van der Waals surface area (Å²) < 4.78 is 0. The SMILES string of the molecule is CC(O)CCN1C2CCC1CC(CC(=O)O)C2. The van der Waals surface area contributed by atoms with Gasteiger partial charge in [0.05, 0.1) is 6.10 Å². The van der Waals surface area contributed by atoms with E-state index in [0.717, 1.165) is 25.8 Å². The Hall–Kier alpha value is -0.610. The van der Waals surface area contributed by atoms with Crippen molar-refractivity contribution in [1.82, 2.24) is 4.90 Å². The molecule has 2 rings (SSSR count). The molecule has 3 atom stereocenters. The van der Waals surface area contributed by atoms with Crippen LogP contribution in [0.15, 0.2) is 0 Å². The normalized spacial score (nSPS) is 34.8. The highest BCUT2D eigenvalue weighted by molar-refractivity contribution is 5.67. The summed E-state index contributed by atoms with van der Waals surface area (Å²) in [5.74, 6) is -0.292. The van der Waals surface area contributed by atoms with E-state index < -0.39 is 5.97 Å². The summed E-state index contributed by atoms with van der Waals surface area (Å²) in [7, 11) is 0. The van der Waals surface area contributed by atoms with Crippen molar-refractivity contribution in [2.75, 3.05) is 6.54 Å². The van der Waals surface area contributed by atoms with E-state index in [-0.39, 0.29) is 6.10 Å². The maximum Gasteiger partial charge on any atom is 0.303 e. The Morgan fingerprint density at radius 2 is 1.94 bits per heavy atom. The zero-order valence-electron chi connectivity index (χ0n) is 10.5. The summed E-state index contributed by atoms with van der Waals surface area (Å²) in [5, 5.41) is 18.2. The van der Waals surface area contributed by atoms with E-state index in [1.54, 1.807) is 0 Å². The first-order valence-corrected chi connectivity index (χ1v) is 6.72. The third kappa shape index (κ3) is 3.19. The van der Waals surface area contributed by atoms with Crippen molar-refractivity contribution in [1.29, 1.82) is 0 Å². The first-order valence-electron chi connectivity index (χ1n) is 6.72. The van der Waals surface area contributed by atoms with E-state index in [9.17, 15) is 9.90 Å². The van der Waals surface area contributed by atoms with Crippen molar-refractivity contribution in [3.8, 4) is 0 Å². The van der Waals surface area contributed by atoms with Crippen LogP contribution in [0.3, 0.4) is 0 Å². The zero-order valence-corrected chi connectivity index (χ0v) is 10.5. The van der Waals surface area contributed by atoms with E-state index in [0.29, 0.717) is 24.4 Å². The number of nitrogens with zero attached hydrogens (tertiary/aromatic N) is 1. The van der Waals surface area contributed by atoms with Gasteiger partial charge in [0.25, 0.3) is 0 Å². The monoisotopic (exact) mass is 241 g/mol. The average molecular weight is 241 g/mol. The molecule has 0 aromatic heterocycles. The second kappa shape index (κ2) is 5.36. The molecule has 3 unspecified atom stereocenters. The summed E-state index contributed by atoms with van der Waals surface area (Å²) in [6.45, 7) is 2.80. The number of aliphatic hydroxyl groups excluding tert-OH is 1. The Bertz CT molecular complexity index is 266. The van der Waals surface area contributed by atoms with Crippen LogP contribution in [-0.2, 0) is 4.79 Å². The predicted octanol–water partition coefficient (Wildman–Crippen LogP) is 1.47. The number of piperidine rings is 1. The molecule has 98 valence electrons. The minimum atomic E-state index is -0.660. The van der Waals surface area contributed by atoms with E-state index in [2.05, 4.69) is 4.90 Å². The summed E-state index contributed by atoms with van der Waals surface area (Å²) in [4.78, 5) is 13.3. The van der Waals surface area contributed by atoms with Crippen molar-refractivity contribution in [2.24, 2.45) is 5.92 Å². The smallest absolute Gasteiger partial charge is 0.303 e. The second-order valence-corrected chi connectivity index (χ2v) is 5.70. The number of carboxylic acids is 1. The Morgan fingerprint density at radius 1 is 1.35 bits per heavy atom. The molecule has 17 heavy (non-hydrogen) atoms. The number of carboxylic acid groups (broad SMARTS) is 1. The standard InChI is InChI=1S/C13H23NO3/c1-9(15)4-5-14-11-2-3-12(14)7-10(6-11)8-13(16)17/h9-12,15H,2-8H2,1H3,(H,16,17). The lowest BCUT2D eigenvalue weighted by molar-refractivity contribution is -0.138. The molecule has 4 heteroatoms. The van der Waals surface area contributed by atoms with Gasteiger partial charge in [-0.3, -0.25) is 9.69 Å². The summed E-state index contributed by atoms with van der Waals surface area (Å²) in [5.41, 5.74) is 0. The fourth-order valence-electron chi connectivity index (χ4n) is 3.50. The molecule has 4 nitrogen and oxygen atoms in total. The number of rotatable bonds is 5. The minimum Gasteiger partial charge on any atom is -0.481 e. The van der Waals surface area contributed by atoms with Gasteiger partial charge in [0, 0.05) is 25.0 Å². The van der Waals surface area contributed by atoms with Crippen LogP contribution >= 0.6 is 0 Å². The quantitative estimate of drug-likeness (QED) is 0.765. The van der Waals surface area contributed by atoms with Gasteiger partial charge in [-0.05, 0) is 44.9 Å². The fourth-order valence-corrected chi connectivity index (χ4v) is 3.50. The first-order chi connectivity index (χ1) is 8.06. The van der Waals surface area contributed by atoms with E-state index >= 15 is 0 Å². The second-order valence-electron chi connectivity index (χ2n) is 5.70. The van der Waals surface area contributed by atoms with Crippen molar-refractivity contribution in [3.05, 3.63) is 0 Å². The number of carbonyl (C=O) groups is 1. The zero-order chi connectivity index (χ0) is 12.4. The van der Waals surface area contributed by atoms with Crippen molar-refractivity contribution in [3.63, 3.8) is 0 Å². The summed E-state index contributed by atoms with van der Waals surface area (Å²) in [6, 6.07) is 1.13. The van der Waals surface area contributed by atoms with Crippen LogP contribution in [0.1, 0.15) is 45.4 Å². The molecule has 2 aliphatic heterocycles. The van der Waals surface area contributed by atoms with Crippen LogP contribution in [-0.4, -0.2) is 45.8 Å². The van der Waals surface area contributed by atoms with E-state index in [1.807, 2.05) is 6.92 Å². The molecule has 2 heterocycles. The molecule has 2 saturated heterocycles. The molecule has 0 aromatic rings. The van der Waals surface area contributed by atoms with Gasteiger partial charge in [-0.2, -0.15) is 0 Å². The molecule has 2 aliphatic rings. The average Bonchev–Trinajstić information content (AvgIpc) is 2.45. The molecule has 0 radical (unpaired) electrons. The molecule has 0 saturated carbocycles. The van der Waals surface area contributed by atoms with Crippen LogP contribution < -0.4 is 0 Å². The van der Waals surface area contributed by atoms with E-state index in [1.165, 1.54) is 12.8 Å². The maximum atomic E-state index is 10.8. The number of fused-ring (bicyclic) bond motifs is 2. The Kier molecular flexibility index (Phi) is 4.05. The van der Waals surface area contributed by atoms with Gasteiger partial charge in [0.1, 0.15) is 0 Å². The van der Waals surface area contributed by atoms with Crippen molar-refractivity contribution >= 4 is 5.97 Å². The highest BCUT2D eigenvalue weighted by Crippen LogP contribution is 2.39. The molecule has 0 amide bonds. The fraction of sp³-hybridized carbons (Fsp3) is 0.923. The number of aliphatic hydroxyl groups is 1. The molecule has 2 fully saturated rings. The third-order valence-corrected chi connectivity index (χ3v) is 4.25. The van der Waals surface area contributed by atoms with Gasteiger partial charge < -0.3 is 10.2 Å². The van der Waals surface area contributed by atoms with Crippen molar-refractivity contribution < 1.29 is 15.0 Å². The highest BCUT2D eigenvalue weighted by Gasteiger charge is 2.40. The van der Waals surface area contributed by atoms with Gasteiger partial charge in [-0.1, -0.05) is 0 Å². The van der Waals surface area contributed by atoms with Crippen LogP contribution in [0.2, 0.25) is 0 Å². The number of aliphatic carboxylic acids is 1. The van der Waals surface area contributed by atoms with Crippen LogP contribution in [0.5, 0.6) is 0 Å². The molecule has 2 bridgehead atoms. The van der Waals surface area contributed by atoms with Gasteiger partial charge in [-0.25, -0.2) is 0 Å². The highest BCUT2D eigenvalue weighted by atomic mass is 16.4. The lowest BCUT2D eigenvalue weighted by Crippen LogP contribution is -2.44. The number of hydrogen-bond acceptors (Lipinski definition) is 3. The van der Waals surface area contributed by atoms with Gasteiger partial charge >= 0.3 is 5.97 Å². The third-order valence-electron chi connectivity index (χ3n) is 4.25. The lowest BCUT2D eigenvalue weighted by Gasteiger charge is -2.38. The molecular formula is C13H23NO3. The molecule has 2 N–H and O–H groups in total. The van der Waals surface area contributed by atoms with Crippen LogP contribution in [0, 0.1) is 5.92 Å². The van der Waals surface area contributed by atoms with Crippen LogP contribution in [0.4, 0.5) is 0 Å². The number of hydrogen-bond donors (Lipinski definition) is 2. The van der Waals surface area contributed by atoms with Gasteiger partial charge in [-0.15, -0.1) is 0 Å². The lowest BCUT2D eigenvalue weighted by atomic mass is 9.88. The Labute approximate surface area is 103 Å². The minimum absolute atomic E-state index is 0.230. The molecule has 0 spiro atoms. The van der Waals surface area contributed by atoms with Gasteiger partial charge in [0.15, 0.2) is 0 Å². The maximum absolute atomic E-state index is 10.8. The predicted molar refractivity (Wildman–Crippen MR) is 64.8 cm³/mol. The molecule has 0 aromatic carbocycles. The largest absolute Gasteiger partial charge is 0.481 e. The Morgan fingerprint density at radius 3 is 2.41 bits per heavy atom. The van der Waals surface area contributed by atoms with Gasteiger partial charge in [0.2, 0.25) is 0 Å². The van der Waals surface area contributed by atoms with Crippen molar-refractivity contribution in [2.45, 2.75) is 63.6 Å². The Balaban J connectivity index is 1.86.